The number of rotatable bonds is 2. The Morgan fingerprint density at radius 3 is 2.12 bits per heavy atom. The lowest BCUT2D eigenvalue weighted by atomic mass is 10.1. The minimum atomic E-state index is 0.992. The Balaban J connectivity index is 2.32. The summed E-state index contributed by atoms with van der Waals surface area (Å²) in [5, 5.41) is 2.62. The summed E-state index contributed by atoms with van der Waals surface area (Å²) in [4.78, 5) is 0. The molecule has 0 amide bonds. The summed E-state index contributed by atoms with van der Waals surface area (Å²) < 4.78 is 0. The van der Waals surface area contributed by atoms with Crippen molar-refractivity contribution < 1.29 is 0 Å². The van der Waals surface area contributed by atoms with Crippen LogP contribution in [-0.4, -0.2) is 0 Å². The SMILES string of the molecule is C/C=c1/cccc/c1=C/Cc1ccccc1. The topological polar surface area (TPSA) is 0 Å². The first kappa shape index (κ1) is 10.7. The molecule has 2 rings (SSSR count). The molecule has 2 aromatic rings. The van der Waals surface area contributed by atoms with Crippen LogP contribution in [0.5, 0.6) is 0 Å². The molecule has 0 aromatic heterocycles. The maximum absolute atomic E-state index is 2.28. The molecule has 0 N–H and O–H groups in total. The molecule has 0 spiro atoms. The standard InChI is InChI=1S/C16H16/c1-2-15-10-6-7-11-16(15)13-12-14-8-4-3-5-9-14/h2-11,13H,12H2,1H3/b15-2-,16-13-. The van der Waals surface area contributed by atoms with E-state index in [4.69, 9.17) is 0 Å². The van der Waals surface area contributed by atoms with Crippen molar-refractivity contribution in [1.29, 1.82) is 0 Å². The predicted octanol–water partition coefficient (Wildman–Crippen LogP) is 2.51. The van der Waals surface area contributed by atoms with Gasteiger partial charge in [-0.05, 0) is 29.3 Å². The zero-order chi connectivity index (χ0) is 11.2. The van der Waals surface area contributed by atoms with Crippen LogP contribution >= 0.6 is 0 Å². The molecule has 0 saturated carbocycles. The van der Waals surface area contributed by atoms with Crippen molar-refractivity contribution >= 4 is 12.2 Å². The minimum absolute atomic E-state index is 0.992. The zero-order valence-electron chi connectivity index (χ0n) is 9.56. The van der Waals surface area contributed by atoms with Gasteiger partial charge in [-0.15, -0.1) is 0 Å². The summed E-state index contributed by atoms with van der Waals surface area (Å²) in [5.74, 6) is 0. The van der Waals surface area contributed by atoms with Crippen molar-refractivity contribution in [2.45, 2.75) is 13.3 Å². The third-order valence-corrected chi connectivity index (χ3v) is 2.71. The summed E-state index contributed by atoms with van der Waals surface area (Å²) in [6.07, 6.45) is 5.42. The Kier molecular flexibility index (Phi) is 3.55. The smallest absolute Gasteiger partial charge is 0.00882 e. The molecule has 0 heteroatoms. The van der Waals surface area contributed by atoms with Gasteiger partial charge in [0.05, 0.1) is 0 Å². The highest BCUT2D eigenvalue weighted by Gasteiger charge is 1.87. The van der Waals surface area contributed by atoms with Gasteiger partial charge in [0.1, 0.15) is 0 Å². The Morgan fingerprint density at radius 2 is 1.44 bits per heavy atom. The second-order valence-corrected chi connectivity index (χ2v) is 3.81. The molecule has 0 radical (unpaired) electrons. The quantitative estimate of drug-likeness (QED) is 0.711. The highest BCUT2D eigenvalue weighted by molar-refractivity contribution is 5.35. The van der Waals surface area contributed by atoms with Gasteiger partial charge in [-0.3, -0.25) is 0 Å². The number of hydrogen-bond donors (Lipinski definition) is 0. The van der Waals surface area contributed by atoms with Crippen LogP contribution in [0.15, 0.2) is 54.6 Å². The molecular formula is C16H16. The van der Waals surface area contributed by atoms with Gasteiger partial charge in [-0.2, -0.15) is 0 Å². The monoisotopic (exact) mass is 208 g/mol. The lowest BCUT2D eigenvalue weighted by Crippen LogP contribution is -2.23. The maximum Gasteiger partial charge on any atom is -0.00882 e. The van der Waals surface area contributed by atoms with Crippen LogP contribution < -0.4 is 10.4 Å². The van der Waals surface area contributed by atoms with E-state index < -0.39 is 0 Å². The van der Waals surface area contributed by atoms with Crippen molar-refractivity contribution in [2.75, 3.05) is 0 Å². The third-order valence-electron chi connectivity index (χ3n) is 2.71. The van der Waals surface area contributed by atoms with Gasteiger partial charge in [-0.1, -0.05) is 66.7 Å². The van der Waals surface area contributed by atoms with Gasteiger partial charge in [0.2, 0.25) is 0 Å². The maximum atomic E-state index is 2.28. The number of hydrogen-bond acceptors (Lipinski definition) is 0. The van der Waals surface area contributed by atoms with Gasteiger partial charge in [-0.25, -0.2) is 0 Å². The van der Waals surface area contributed by atoms with Crippen LogP contribution in [0.1, 0.15) is 12.5 Å². The summed E-state index contributed by atoms with van der Waals surface area (Å²) in [6, 6.07) is 19.0. The molecule has 0 fully saturated rings. The van der Waals surface area contributed by atoms with E-state index in [-0.39, 0.29) is 0 Å². The van der Waals surface area contributed by atoms with Crippen LogP contribution in [-0.2, 0) is 6.42 Å². The average molecular weight is 208 g/mol. The number of benzene rings is 2. The van der Waals surface area contributed by atoms with Crippen LogP contribution in [0.3, 0.4) is 0 Å². The van der Waals surface area contributed by atoms with Crippen LogP contribution in [0.25, 0.3) is 12.2 Å². The second kappa shape index (κ2) is 5.32. The first-order chi connectivity index (χ1) is 7.90. The molecule has 2 aromatic carbocycles. The van der Waals surface area contributed by atoms with E-state index in [1.54, 1.807) is 0 Å². The lowest BCUT2D eigenvalue weighted by molar-refractivity contribution is 1.32. The normalized spacial score (nSPS) is 13.1. The van der Waals surface area contributed by atoms with E-state index >= 15 is 0 Å². The molecule has 0 atom stereocenters. The van der Waals surface area contributed by atoms with Crippen molar-refractivity contribution in [3.8, 4) is 0 Å². The largest absolute Gasteiger partial charge is 0.0798 e. The van der Waals surface area contributed by atoms with Crippen molar-refractivity contribution in [2.24, 2.45) is 0 Å². The molecule has 80 valence electrons. The summed E-state index contributed by atoms with van der Waals surface area (Å²) in [6.45, 7) is 2.08. The lowest BCUT2D eigenvalue weighted by Gasteiger charge is -1.95. The van der Waals surface area contributed by atoms with Gasteiger partial charge in [0.25, 0.3) is 0 Å². The van der Waals surface area contributed by atoms with Gasteiger partial charge in [0, 0.05) is 0 Å². The fraction of sp³-hybridized carbons (Fsp3) is 0.125. The van der Waals surface area contributed by atoms with Gasteiger partial charge < -0.3 is 0 Å². The van der Waals surface area contributed by atoms with E-state index in [0.29, 0.717) is 0 Å². The van der Waals surface area contributed by atoms with Crippen molar-refractivity contribution in [1.82, 2.24) is 0 Å². The van der Waals surface area contributed by atoms with Crippen molar-refractivity contribution in [3.05, 3.63) is 70.6 Å². The minimum Gasteiger partial charge on any atom is -0.0798 e. The van der Waals surface area contributed by atoms with E-state index in [0.717, 1.165) is 6.42 Å². The molecular weight excluding hydrogens is 192 g/mol. The first-order valence-electron chi connectivity index (χ1n) is 5.65. The fourth-order valence-electron chi connectivity index (χ4n) is 1.80. The van der Waals surface area contributed by atoms with E-state index in [1.165, 1.54) is 16.0 Å². The Labute approximate surface area is 96.6 Å². The van der Waals surface area contributed by atoms with Crippen molar-refractivity contribution in [3.63, 3.8) is 0 Å². The third kappa shape index (κ3) is 2.60. The molecule has 16 heavy (non-hydrogen) atoms. The molecule has 0 nitrogen and oxygen atoms in total. The summed E-state index contributed by atoms with van der Waals surface area (Å²) in [5.41, 5.74) is 1.36. The zero-order valence-corrected chi connectivity index (χ0v) is 9.56. The molecule has 0 aliphatic heterocycles. The van der Waals surface area contributed by atoms with Crippen LogP contribution in [0.4, 0.5) is 0 Å². The van der Waals surface area contributed by atoms with E-state index in [2.05, 4.69) is 73.7 Å². The average Bonchev–Trinajstić information content (AvgIpc) is 2.38. The highest BCUT2D eigenvalue weighted by atomic mass is 13.9. The van der Waals surface area contributed by atoms with Gasteiger partial charge >= 0.3 is 0 Å². The van der Waals surface area contributed by atoms with Gasteiger partial charge in [0.15, 0.2) is 0 Å². The molecule has 0 aliphatic carbocycles. The Bertz CT molecular complexity index is 550. The highest BCUT2D eigenvalue weighted by Crippen LogP contribution is 1.99. The molecule has 0 unspecified atom stereocenters. The first-order valence-corrected chi connectivity index (χ1v) is 5.65. The Hall–Kier alpha value is -1.82. The molecule has 0 heterocycles. The van der Waals surface area contributed by atoms with E-state index in [1.807, 2.05) is 0 Å². The molecule has 0 saturated heterocycles. The fourth-order valence-corrected chi connectivity index (χ4v) is 1.80. The summed E-state index contributed by atoms with van der Waals surface area (Å²) >= 11 is 0. The molecule has 0 bridgehead atoms. The van der Waals surface area contributed by atoms with Crippen LogP contribution in [0, 0.1) is 0 Å². The Morgan fingerprint density at radius 1 is 0.812 bits per heavy atom. The van der Waals surface area contributed by atoms with E-state index in [9.17, 15) is 0 Å². The predicted molar refractivity (Wildman–Crippen MR) is 70.4 cm³/mol. The van der Waals surface area contributed by atoms with Crippen LogP contribution in [0.2, 0.25) is 0 Å². The second-order valence-electron chi connectivity index (χ2n) is 3.81. The summed E-state index contributed by atoms with van der Waals surface area (Å²) in [7, 11) is 0. The molecule has 0 aliphatic rings.